The largest absolute Gasteiger partial charge is 0.244 e. The third kappa shape index (κ3) is 2.44. The average molecular weight is 302 g/mol. The topological polar surface area (TPSA) is 30.7 Å². The van der Waals surface area contributed by atoms with Crippen LogP contribution in [0.3, 0.4) is 0 Å². The van der Waals surface area contributed by atoms with Gasteiger partial charge in [-0.25, -0.2) is 14.1 Å². The molecule has 0 spiro atoms. The standard InChI is InChI=1S/C10H9BrFN3S/c1-15-10(13-6-14-15)16-5-7-3-2-4-8(12)9(7)11/h2-4,6H,5H2,1H3. The number of thioether (sulfide) groups is 1. The van der Waals surface area contributed by atoms with E-state index >= 15 is 0 Å². The van der Waals surface area contributed by atoms with E-state index in [4.69, 9.17) is 0 Å². The Hall–Kier alpha value is -0.880. The number of aromatic nitrogens is 3. The van der Waals surface area contributed by atoms with Crippen LogP contribution in [0.15, 0.2) is 34.2 Å². The van der Waals surface area contributed by atoms with Gasteiger partial charge >= 0.3 is 0 Å². The Labute approximate surface area is 105 Å². The van der Waals surface area contributed by atoms with Gasteiger partial charge in [-0.2, -0.15) is 5.10 Å². The summed E-state index contributed by atoms with van der Waals surface area (Å²) >= 11 is 4.75. The first-order valence-corrected chi connectivity index (χ1v) is 6.36. The van der Waals surface area contributed by atoms with Crippen molar-refractivity contribution >= 4 is 27.7 Å². The van der Waals surface area contributed by atoms with Crippen molar-refractivity contribution in [3.63, 3.8) is 0 Å². The SMILES string of the molecule is Cn1ncnc1SCc1cccc(F)c1Br. The Bertz CT molecular complexity index is 501. The Morgan fingerprint density at radius 3 is 3.00 bits per heavy atom. The molecule has 6 heteroatoms. The maximum atomic E-state index is 13.2. The van der Waals surface area contributed by atoms with Crippen LogP contribution >= 0.6 is 27.7 Å². The zero-order valence-electron chi connectivity index (χ0n) is 8.52. The van der Waals surface area contributed by atoms with Crippen LogP contribution in [0.2, 0.25) is 0 Å². The molecule has 0 aliphatic heterocycles. The van der Waals surface area contributed by atoms with Gasteiger partial charge in [0, 0.05) is 12.8 Å². The first-order chi connectivity index (χ1) is 7.68. The van der Waals surface area contributed by atoms with Gasteiger partial charge in [0.05, 0.1) is 4.47 Å². The monoisotopic (exact) mass is 301 g/mol. The van der Waals surface area contributed by atoms with Gasteiger partial charge in [-0.05, 0) is 27.6 Å². The highest BCUT2D eigenvalue weighted by Crippen LogP contribution is 2.26. The van der Waals surface area contributed by atoms with Gasteiger partial charge in [0.2, 0.25) is 0 Å². The van der Waals surface area contributed by atoms with Crippen molar-refractivity contribution in [3.05, 3.63) is 40.4 Å². The van der Waals surface area contributed by atoms with Gasteiger partial charge in [-0.3, -0.25) is 0 Å². The van der Waals surface area contributed by atoms with E-state index in [1.54, 1.807) is 10.7 Å². The first kappa shape index (κ1) is 11.6. The fourth-order valence-corrected chi connectivity index (χ4v) is 2.69. The summed E-state index contributed by atoms with van der Waals surface area (Å²) in [5, 5.41) is 4.78. The van der Waals surface area contributed by atoms with E-state index in [2.05, 4.69) is 26.0 Å². The first-order valence-electron chi connectivity index (χ1n) is 4.58. The molecule has 3 nitrogen and oxygen atoms in total. The molecular formula is C10H9BrFN3S. The third-order valence-electron chi connectivity index (χ3n) is 2.06. The molecule has 0 bridgehead atoms. The summed E-state index contributed by atoms with van der Waals surface area (Å²) in [5.74, 6) is 0.418. The molecule has 0 N–H and O–H groups in total. The van der Waals surface area contributed by atoms with E-state index in [1.165, 1.54) is 24.2 Å². The summed E-state index contributed by atoms with van der Waals surface area (Å²) in [6.07, 6.45) is 1.50. The molecule has 1 heterocycles. The molecule has 1 aromatic carbocycles. The minimum absolute atomic E-state index is 0.240. The van der Waals surface area contributed by atoms with E-state index in [-0.39, 0.29) is 5.82 Å². The zero-order valence-corrected chi connectivity index (χ0v) is 10.9. The van der Waals surface area contributed by atoms with Crippen LogP contribution in [-0.2, 0) is 12.8 Å². The average Bonchev–Trinajstić information content (AvgIpc) is 2.67. The number of benzene rings is 1. The summed E-state index contributed by atoms with van der Waals surface area (Å²) in [6, 6.07) is 5.02. The molecule has 0 atom stereocenters. The highest BCUT2D eigenvalue weighted by molar-refractivity contribution is 9.10. The zero-order chi connectivity index (χ0) is 11.5. The van der Waals surface area contributed by atoms with Gasteiger partial charge in [0.25, 0.3) is 0 Å². The lowest BCUT2D eigenvalue weighted by molar-refractivity contribution is 0.619. The number of aryl methyl sites for hydroxylation is 1. The van der Waals surface area contributed by atoms with Crippen LogP contribution in [0.1, 0.15) is 5.56 Å². The predicted octanol–water partition coefficient (Wildman–Crippen LogP) is 3.01. The van der Waals surface area contributed by atoms with Gasteiger partial charge in [-0.1, -0.05) is 23.9 Å². The van der Waals surface area contributed by atoms with E-state index in [0.29, 0.717) is 10.2 Å². The molecule has 1 aromatic heterocycles. The normalized spacial score (nSPS) is 10.7. The minimum Gasteiger partial charge on any atom is -0.244 e. The highest BCUT2D eigenvalue weighted by Gasteiger charge is 2.07. The lowest BCUT2D eigenvalue weighted by Crippen LogP contribution is -1.94. The Balaban J connectivity index is 2.11. The molecular weight excluding hydrogens is 293 g/mol. The van der Waals surface area contributed by atoms with Crippen LogP contribution in [0, 0.1) is 5.82 Å². The van der Waals surface area contributed by atoms with Crippen LogP contribution in [0.4, 0.5) is 4.39 Å². The van der Waals surface area contributed by atoms with Crippen molar-refractivity contribution in [1.82, 2.24) is 14.8 Å². The number of hydrogen-bond donors (Lipinski definition) is 0. The number of nitrogens with zero attached hydrogens (tertiary/aromatic N) is 3. The van der Waals surface area contributed by atoms with Crippen molar-refractivity contribution in [2.75, 3.05) is 0 Å². The molecule has 0 aliphatic carbocycles. The van der Waals surface area contributed by atoms with Gasteiger partial charge < -0.3 is 0 Å². The molecule has 0 saturated carbocycles. The third-order valence-corrected chi connectivity index (χ3v) is 4.03. The fourth-order valence-electron chi connectivity index (χ4n) is 1.22. The summed E-state index contributed by atoms with van der Waals surface area (Å²) in [5.41, 5.74) is 0.910. The molecule has 16 heavy (non-hydrogen) atoms. The maximum Gasteiger partial charge on any atom is 0.186 e. The number of hydrogen-bond acceptors (Lipinski definition) is 3. The van der Waals surface area contributed by atoms with E-state index in [9.17, 15) is 4.39 Å². The van der Waals surface area contributed by atoms with Crippen molar-refractivity contribution in [2.24, 2.45) is 7.05 Å². The van der Waals surface area contributed by atoms with Crippen LogP contribution < -0.4 is 0 Å². The van der Waals surface area contributed by atoms with Crippen molar-refractivity contribution in [3.8, 4) is 0 Å². The van der Waals surface area contributed by atoms with Crippen molar-refractivity contribution < 1.29 is 4.39 Å². The lowest BCUT2D eigenvalue weighted by atomic mass is 10.2. The number of halogens is 2. The van der Waals surface area contributed by atoms with Crippen LogP contribution in [0.5, 0.6) is 0 Å². The van der Waals surface area contributed by atoms with E-state index in [1.807, 2.05) is 13.1 Å². The molecule has 0 aliphatic rings. The van der Waals surface area contributed by atoms with Crippen molar-refractivity contribution in [2.45, 2.75) is 10.9 Å². The van der Waals surface area contributed by atoms with Gasteiger partial charge in [0.1, 0.15) is 12.1 Å². The fraction of sp³-hybridized carbons (Fsp3) is 0.200. The Kier molecular flexibility index (Phi) is 3.60. The Morgan fingerprint density at radius 2 is 2.31 bits per heavy atom. The summed E-state index contributed by atoms with van der Waals surface area (Å²) < 4.78 is 15.4. The second kappa shape index (κ2) is 4.97. The highest BCUT2D eigenvalue weighted by atomic mass is 79.9. The molecule has 2 aromatic rings. The predicted molar refractivity (Wildman–Crippen MR) is 64.7 cm³/mol. The molecule has 0 amide bonds. The van der Waals surface area contributed by atoms with Crippen molar-refractivity contribution in [1.29, 1.82) is 0 Å². The second-order valence-corrected chi connectivity index (χ2v) is 4.90. The number of rotatable bonds is 3. The second-order valence-electron chi connectivity index (χ2n) is 3.17. The molecule has 84 valence electrons. The van der Waals surface area contributed by atoms with Crippen LogP contribution in [0.25, 0.3) is 0 Å². The molecule has 0 saturated heterocycles. The molecule has 0 radical (unpaired) electrons. The molecule has 0 fully saturated rings. The molecule has 0 unspecified atom stereocenters. The van der Waals surface area contributed by atoms with E-state index in [0.717, 1.165) is 10.7 Å². The quantitative estimate of drug-likeness (QED) is 0.817. The minimum atomic E-state index is -0.240. The maximum absolute atomic E-state index is 13.2. The van der Waals surface area contributed by atoms with Crippen LogP contribution in [-0.4, -0.2) is 14.8 Å². The van der Waals surface area contributed by atoms with E-state index < -0.39 is 0 Å². The van der Waals surface area contributed by atoms with Gasteiger partial charge in [-0.15, -0.1) is 0 Å². The van der Waals surface area contributed by atoms with Gasteiger partial charge in [0.15, 0.2) is 5.16 Å². The smallest absolute Gasteiger partial charge is 0.186 e. The summed E-state index contributed by atoms with van der Waals surface area (Å²) in [4.78, 5) is 4.09. The summed E-state index contributed by atoms with van der Waals surface area (Å²) in [7, 11) is 1.83. The Morgan fingerprint density at radius 1 is 1.50 bits per heavy atom. The molecule has 2 rings (SSSR count). The lowest BCUT2D eigenvalue weighted by Gasteiger charge is -2.04. The summed E-state index contributed by atoms with van der Waals surface area (Å²) in [6.45, 7) is 0.